The molecule has 7 aromatic rings. The van der Waals surface area contributed by atoms with E-state index in [1.54, 1.807) is 12.4 Å². The Morgan fingerprint density at radius 2 is 1.14 bits per heavy atom. The normalized spacial score (nSPS) is 11.3. The van der Waals surface area contributed by atoms with Gasteiger partial charge in [-0.3, -0.25) is 15.1 Å². The van der Waals surface area contributed by atoms with E-state index in [1.165, 1.54) is 21.8 Å². The van der Waals surface area contributed by atoms with Crippen molar-refractivity contribution in [1.82, 2.24) is 24.7 Å². The van der Waals surface area contributed by atoms with Crippen molar-refractivity contribution in [3.8, 4) is 39.6 Å². The van der Waals surface area contributed by atoms with Crippen LogP contribution in [0, 0.1) is 0 Å². The van der Waals surface area contributed by atoms with E-state index in [-0.39, 0.29) is 0 Å². The van der Waals surface area contributed by atoms with Gasteiger partial charge in [-0.05, 0) is 54.1 Å². The number of benzene rings is 3. The molecule has 0 fully saturated rings. The van der Waals surface area contributed by atoms with Gasteiger partial charge in [-0.15, -0.1) is 0 Å². The molecule has 1 N–H and O–H groups in total. The molecule has 0 aliphatic rings. The minimum atomic E-state index is 0.806. The zero-order chi connectivity index (χ0) is 23.9. The van der Waals surface area contributed by atoms with Crippen LogP contribution < -0.4 is 0 Å². The summed E-state index contributed by atoms with van der Waals surface area (Å²) in [6.45, 7) is 0. The molecule has 4 aromatic heterocycles. The minimum absolute atomic E-state index is 0.806. The van der Waals surface area contributed by atoms with Crippen LogP contribution in [0.3, 0.4) is 0 Å². The van der Waals surface area contributed by atoms with Crippen LogP contribution in [-0.2, 0) is 0 Å². The van der Waals surface area contributed by atoms with Gasteiger partial charge in [0.25, 0.3) is 0 Å². The van der Waals surface area contributed by atoms with Crippen LogP contribution in [0.25, 0.3) is 61.4 Å². The number of H-pyrrole nitrogens is 1. The summed E-state index contributed by atoms with van der Waals surface area (Å²) in [4.78, 5) is 9.13. The predicted molar refractivity (Wildman–Crippen MR) is 145 cm³/mol. The van der Waals surface area contributed by atoms with Crippen molar-refractivity contribution in [1.29, 1.82) is 0 Å². The van der Waals surface area contributed by atoms with Crippen LogP contribution in [0.2, 0.25) is 0 Å². The number of para-hydroxylation sites is 2. The lowest BCUT2D eigenvalue weighted by Crippen LogP contribution is -1.94. The summed E-state index contributed by atoms with van der Waals surface area (Å²) >= 11 is 0. The summed E-state index contributed by atoms with van der Waals surface area (Å²) in [5, 5.41) is 10.4. The van der Waals surface area contributed by atoms with E-state index >= 15 is 0 Å². The Morgan fingerprint density at radius 3 is 1.75 bits per heavy atom. The van der Waals surface area contributed by atoms with Crippen LogP contribution in [0.5, 0.6) is 0 Å². The van der Waals surface area contributed by atoms with Gasteiger partial charge in [-0.1, -0.05) is 60.7 Å². The van der Waals surface area contributed by atoms with Crippen LogP contribution in [0.1, 0.15) is 0 Å². The molecule has 7 rings (SSSR count). The third-order valence-corrected chi connectivity index (χ3v) is 6.59. The molecule has 5 nitrogen and oxygen atoms in total. The standard InChI is InChI=1S/C31H21N5/c1-3-13-27-23(9-1)24-10-2-4-14-28(24)36(27)22-17-15-21(16-18-22)29-30(25-11-5-7-19-32-25)34-35-31(29)26-12-6-8-20-33-26/h1-20H,(H,34,35). The van der Waals surface area contributed by atoms with Crippen molar-refractivity contribution in [3.63, 3.8) is 0 Å². The Bertz CT molecular complexity index is 1700. The molecule has 0 aliphatic heterocycles. The Kier molecular flexibility index (Phi) is 4.71. The van der Waals surface area contributed by atoms with Gasteiger partial charge in [0.1, 0.15) is 5.69 Å². The number of aromatic amines is 1. The molecule has 0 saturated carbocycles. The number of nitrogens with one attached hydrogen (secondary N) is 1. The van der Waals surface area contributed by atoms with Crippen molar-refractivity contribution in [2.45, 2.75) is 0 Å². The average Bonchev–Trinajstić information content (AvgIpc) is 3.54. The average molecular weight is 464 g/mol. The van der Waals surface area contributed by atoms with E-state index in [2.05, 4.69) is 97.5 Å². The fraction of sp³-hybridized carbons (Fsp3) is 0. The molecule has 0 amide bonds. The maximum atomic E-state index is 4.66. The number of nitrogens with zero attached hydrogens (tertiary/aromatic N) is 4. The minimum Gasteiger partial charge on any atom is -0.309 e. The van der Waals surface area contributed by atoms with Crippen molar-refractivity contribution in [2.24, 2.45) is 0 Å². The van der Waals surface area contributed by atoms with E-state index in [4.69, 9.17) is 0 Å². The van der Waals surface area contributed by atoms with Gasteiger partial charge in [0.2, 0.25) is 0 Å². The van der Waals surface area contributed by atoms with Crippen LogP contribution >= 0.6 is 0 Å². The van der Waals surface area contributed by atoms with Crippen LogP contribution in [0.15, 0.2) is 122 Å². The second kappa shape index (κ2) is 8.32. The Morgan fingerprint density at radius 1 is 0.556 bits per heavy atom. The molecule has 0 aliphatic carbocycles. The van der Waals surface area contributed by atoms with Gasteiger partial charge in [0.15, 0.2) is 0 Å². The Balaban J connectivity index is 1.41. The first-order chi connectivity index (χ1) is 17.9. The summed E-state index contributed by atoms with van der Waals surface area (Å²) < 4.78 is 2.32. The first-order valence-electron chi connectivity index (χ1n) is 11.9. The summed E-state index contributed by atoms with van der Waals surface area (Å²) in [5.74, 6) is 0. The van der Waals surface area contributed by atoms with Gasteiger partial charge in [0.05, 0.1) is 28.1 Å². The third kappa shape index (κ3) is 3.21. The van der Waals surface area contributed by atoms with Crippen LogP contribution in [0.4, 0.5) is 0 Å². The number of rotatable bonds is 4. The lowest BCUT2D eigenvalue weighted by atomic mass is 9.99. The molecule has 170 valence electrons. The molecule has 3 aromatic carbocycles. The second-order valence-corrected chi connectivity index (χ2v) is 8.67. The Hall–Kier alpha value is -5.03. The summed E-state index contributed by atoms with van der Waals surface area (Å²) in [7, 11) is 0. The molecule has 4 heterocycles. The third-order valence-electron chi connectivity index (χ3n) is 6.59. The van der Waals surface area contributed by atoms with Gasteiger partial charge in [-0.2, -0.15) is 5.10 Å². The van der Waals surface area contributed by atoms with E-state index in [0.717, 1.165) is 39.6 Å². The zero-order valence-electron chi connectivity index (χ0n) is 19.3. The smallest absolute Gasteiger partial charge is 0.119 e. The quantitative estimate of drug-likeness (QED) is 0.298. The van der Waals surface area contributed by atoms with E-state index in [0.29, 0.717) is 0 Å². The maximum absolute atomic E-state index is 4.66. The van der Waals surface area contributed by atoms with Crippen LogP contribution in [-0.4, -0.2) is 24.7 Å². The zero-order valence-corrected chi connectivity index (χ0v) is 19.3. The fourth-order valence-corrected chi connectivity index (χ4v) is 4.99. The summed E-state index contributed by atoms with van der Waals surface area (Å²) in [6.07, 6.45) is 3.59. The topological polar surface area (TPSA) is 59.4 Å². The summed E-state index contributed by atoms with van der Waals surface area (Å²) in [5.41, 5.74) is 8.87. The van der Waals surface area contributed by atoms with E-state index in [9.17, 15) is 0 Å². The van der Waals surface area contributed by atoms with E-state index in [1.807, 2.05) is 36.4 Å². The highest BCUT2D eigenvalue weighted by atomic mass is 15.1. The highest BCUT2D eigenvalue weighted by Gasteiger charge is 2.20. The molecular formula is C31H21N5. The van der Waals surface area contributed by atoms with Gasteiger partial charge in [0, 0.05) is 34.4 Å². The molecule has 0 bridgehead atoms. The SMILES string of the molecule is c1ccc(-c2n[nH]c(-c3ccccn3)c2-c2ccc(-n3c4ccccc4c4ccccc43)cc2)nc1. The second-order valence-electron chi connectivity index (χ2n) is 8.67. The molecule has 0 saturated heterocycles. The van der Waals surface area contributed by atoms with Gasteiger partial charge in [-0.25, -0.2) is 0 Å². The molecule has 0 unspecified atom stereocenters. The summed E-state index contributed by atoms with van der Waals surface area (Å²) in [6, 6.07) is 37.5. The highest BCUT2D eigenvalue weighted by Crippen LogP contribution is 2.38. The van der Waals surface area contributed by atoms with Crippen molar-refractivity contribution in [3.05, 3.63) is 122 Å². The number of hydrogen-bond donors (Lipinski definition) is 1. The van der Waals surface area contributed by atoms with Crippen molar-refractivity contribution in [2.75, 3.05) is 0 Å². The van der Waals surface area contributed by atoms with Gasteiger partial charge < -0.3 is 4.57 Å². The molecule has 0 radical (unpaired) electrons. The fourth-order valence-electron chi connectivity index (χ4n) is 4.99. The lowest BCUT2D eigenvalue weighted by Gasteiger charge is -2.10. The van der Waals surface area contributed by atoms with Gasteiger partial charge >= 0.3 is 0 Å². The number of hydrogen-bond acceptors (Lipinski definition) is 3. The number of fused-ring (bicyclic) bond motifs is 3. The van der Waals surface area contributed by atoms with Crippen molar-refractivity contribution < 1.29 is 0 Å². The van der Waals surface area contributed by atoms with E-state index < -0.39 is 0 Å². The molecule has 0 spiro atoms. The molecule has 0 atom stereocenters. The number of pyridine rings is 2. The predicted octanol–water partition coefficient (Wildman–Crippen LogP) is 7.30. The van der Waals surface area contributed by atoms with Crippen molar-refractivity contribution >= 4 is 21.8 Å². The molecular weight excluding hydrogens is 442 g/mol. The Labute approximate surface area is 207 Å². The highest BCUT2D eigenvalue weighted by molar-refractivity contribution is 6.09. The number of aromatic nitrogens is 5. The largest absolute Gasteiger partial charge is 0.309 e. The molecule has 5 heteroatoms. The first-order valence-corrected chi connectivity index (χ1v) is 11.9. The maximum Gasteiger partial charge on any atom is 0.119 e. The monoisotopic (exact) mass is 463 g/mol. The first kappa shape index (κ1) is 20.4. The molecule has 36 heavy (non-hydrogen) atoms. The lowest BCUT2D eigenvalue weighted by molar-refractivity contribution is 1.08.